The van der Waals surface area contributed by atoms with E-state index in [1.807, 2.05) is 4.57 Å². The number of nitrogens with zero attached hydrogens (tertiary/aromatic N) is 4. The fourth-order valence-electron chi connectivity index (χ4n) is 2.97. The molecule has 1 saturated carbocycles. The van der Waals surface area contributed by atoms with Gasteiger partial charge in [0, 0.05) is 26.2 Å². The third kappa shape index (κ3) is 6.01. The second kappa shape index (κ2) is 8.89. The summed E-state index contributed by atoms with van der Waals surface area (Å²) in [5.41, 5.74) is 0. The number of halogens is 3. The monoisotopic (exact) mass is 346 g/mol. The summed E-state index contributed by atoms with van der Waals surface area (Å²) in [4.78, 5) is 4.10. The molecule has 9 heteroatoms. The smallest absolute Gasteiger partial charge is 0.356 e. The Kier molecular flexibility index (Phi) is 6.86. The minimum Gasteiger partial charge on any atom is -0.356 e. The number of rotatable bonds is 6. The van der Waals surface area contributed by atoms with Crippen LogP contribution < -0.4 is 10.6 Å². The Labute approximate surface area is 139 Å². The van der Waals surface area contributed by atoms with Gasteiger partial charge in [-0.15, -0.1) is 10.2 Å². The average Bonchev–Trinajstić information content (AvgIpc) is 3.06. The summed E-state index contributed by atoms with van der Waals surface area (Å²) in [7, 11) is 1.64. The van der Waals surface area contributed by atoms with Crippen molar-refractivity contribution in [1.82, 2.24) is 25.4 Å². The first-order valence-electron chi connectivity index (χ1n) is 8.35. The standard InChI is InChI=1S/C15H25F3N6/c1-19-14(20-7-2-3-8-24-10-21-22-11-24)23-13-6-4-5-12(9-13)15(16,17)18/h10-13H,2-9H2,1H3,(H2,19,20,23). The van der Waals surface area contributed by atoms with Crippen LogP contribution in [0.15, 0.2) is 17.6 Å². The number of aromatic nitrogens is 3. The van der Waals surface area contributed by atoms with Crippen LogP contribution >= 0.6 is 0 Å². The fraction of sp³-hybridized carbons (Fsp3) is 0.800. The molecule has 1 aliphatic rings. The number of hydrogen-bond acceptors (Lipinski definition) is 3. The average molecular weight is 346 g/mol. The number of alkyl halides is 3. The number of nitrogens with one attached hydrogen (secondary N) is 2. The van der Waals surface area contributed by atoms with Crippen LogP contribution in [0.5, 0.6) is 0 Å². The van der Waals surface area contributed by atoms with Gasteiger partial charge in [0.15, 0.2) is 5.96 Å². The molecule has 0 spiro atoms. The number of aryl methyl sites for hydroxylation is 1. The normalized spacial score (nSPS) is 22.4. The van der Waals surface area contributed by atoms with E-state index in [-0.39, 0.29) is 18.9 Å². The minimum absolute atomic E-state index is 0.123. The van der Waals surface area contributed by atoms with Gasteiger partial charge in [-0.1, -0.05) is 6.42 Å². The molecule has 1 heterocycles. The summed E-state index contributed by atoms with van der Waals surface area (Å²) in [5, 5.41) is 13.8. The third-order valence-corrected chi connectivity index (χ3v) is 4.30. The number of unbranched alkanes of at least 4 members (excludes halogenated alkanes) is 1. The van der Waals surface area contributed by atoms with Crippen LogP contribution in [0.2, 0.25) is 0 Å². The predicted molar refractivity (Wildman–Crippen MR) is 85.6 cm³/mol. The van der Waals surface area contributed by atoms with Gasteiger partial charge in [-0.3, -0.25) is 4.99 Å². The zero-order valence-electron chi connectivity index (χ0n) is 13.9. The SMILES string of the molecule is CN=C(NCCCCn1cnnc1)NC1CCCC(C(F)(F)F)C1. The largest absolute Gasteiger partial charge is 0.391 e. The van der Waals surface area contributed by atoms with Crippen LogP contribution in [0.3, 0.4) is 0 Å². The summed E-state index contributed by atoms with van der Waals surface area (Å²) < 4.78 is 40.5. The van der Waals surface area contributed by atoms with Crippen LogP contribution in [-0.4, -0.2) is 46.5 Å². The summed E-state index contributed by atoms with van der Waals surface area (Å²) in [6.45, 7) is 1.56. The van der Waals surface area contributed by atoms with E-state index in [4.69, 9.17) is 0 Å². The van der Waals surface area contributed by atoms with Crippen molar-refractivity contribution in [3.63, 3.8) is 0 Å². The highest BCUT2D eigenvalue weighted by Crippen LogP contribution is 2.37. The maximum Gasteiger partial charge on any atom is 0.391 e. The van der Waals surface area contributed by atoms with Crippen LogP contribution in [0.1, 0.15) is 38.5 Å². The molecule has 2 atom stereocenters. The maximum absolute atomic E-state index is 12.9. The van der Waals surface area contributed by atoms with Crippen molar-refractivity contribution >= 4 is 5.96 Å². The molecule has 136 valence electrons. The predicted octanol–water partition coefficient (Wildman–Crippen LogP) is 2.34. The molecule has 0 saturated heterocycles. The van der Waals surface area contributed by atoms with Crippen molar-refractivity contribution < 1.29 is 13.2 Å². The van der Waals surface area contributed by atoms with Crippen LogP contribution in [0.25, 0.3) is 0 Å². The molecule has 1 fully saturated rings. The first kappa shape index (κ1) is 18.5. The number of hydrogen-bond donors (Lipinski definition) is 2. The van der Waals surface area contributed by atoms with E-state index in [0.717, 1.165) is 32.4 Å². The van der Waals surface area contributed by atoms with Crippen LogP contribution in [0.4, 0.5) is 13.2 Å². The summed E-state index contributed by atoms with van der Waals surface area (Å²) in [6, 6.07) is -0.173. The van der Waals surface area contributed by atoms with Crippen molar-refractivity contribution in [3.8, 4) is 0 Å². The van der Waals surface area contributed by atoms with Gasteiger partial charge >= 0.3 is 6.18 Å². The van der Waals surface area contributed by atoms with E-state index in [0.29, 0.717) is 12.4 Å². The zero-order valence-corrected chi connectivity index (χ0v) is 13.9. The number of aliphatic imine (C=N–C) groups is 1. The van der Waals surface area contributed by atoms with Crippen molar-refractivity contribution in [2.45, 2.75) is 57.3 Å². The first-order valence-corrected chi connectivity index (χ1v) is 8.35. The zero-order chi connectivity index (χ0) is 17.4. The molecule has 1 aromatic heterocycles. The molecular weight excluding hydrogens is 321 g/mol. The molecule has 1 aliphatic carbocycles. The lowest BCUT2D eigenvalue weighted by molar-refractivity contribution is -0.183. The molecule has 0 bridgehead atoms. The van der Waals surface area contributed by atoms with Gasteiger partial charge in [-0.05, 0) is 32.1 Å². The van der Waals surface area contributed by atoms with Gasteiger partial charge in [-0.2, -0.15) is 13.2 Å². The van der Waals surface area contributed by atoms with Crippen molar-refractivity contribution in [2.75, 3.05) is 13.6 Å². The van der Waals surface area contributed by atoms with Crippen molar-refractivity contribution in [3.05, 3.63) is 12.7 Å². The van der Waals surface area contributed by atoms with Crippen LogP contribution in [0, 0.1) is 5.92 Å². The molecule has 2 unspecified atom stereocenters. The third-order valence-electron chi connectivity index (χ3n) is 4.30. The highest BCUT2D eigenvalue weighted by Gasteiger charge is 2.42. The molecule has 2 rings (SSSR count). The number of guanidine groups is 1. The second-order valence-electron chi connectivity index (χ2n) is 6.15. The minimum atomic E-state index is -4.10. The van der Waals surface area contributed by atoms with E-state index in [9.17, 15) is 13.2 Å². The summed E-state index contributed by atoms with van der Waals surface area (Å²) >= 11 is 0. The molecule has 1 aromatic rings. The lowest BCUT2D eigenvalue weighted by atomic mass is 9.85. The highest BCUT2D eigenvalue weighted by atomic mass is 19.4. The molecule has 0 aromatic carbocycles. The Morgan fingerprint density at radius 1 is 1.25 bits per heavy atom. The van der Waals surface area contributed by atoms with Gasteiger partial charge in [0.05, 0.1) is 5.92 Å². The fourth-order valence-corrected chi connectivity index (χ4v) is 2.97. The van der Waals surface area contributed by atoms with Gasteiger partial charge in [0.1, 0.15) is 12.7 Å². The molecular formula is C15H25F3N6. The van der Waals surface area contributed by atoms with Crippen LogP contribution in [-0.2, 0) is 6.54 Å². The van der Waals surface area contributed by atoms with Crippen molar-refractivity contribution in [2.24, 2.45) is 10.9 Å². The molecule has 2 N–H and O–H groups in total. The van der Waals surface area contributed by atoms with Crippen molar-refractivity contribution in [1.29, 1.82) is 0 Å². The van der Waals surface area contributed by atoms with Gasteiger partial charge < -0.3 is 15.2 Å². The Balaban J connectivity index is 1.66. The topological polar surface area (TPSA) is 67.1 Å². The van der Waals surface area contributed by atoms with E-state index in [2.05, 4.69) is 25.8 Å². The van der Waals surface area contributed by atoms with E-state index < -0.39 is 12.1 Å². The van der Waals surface area contributed by atoms with E-state index in [1.165, 1.54) is 0 Å². The first-order chi connectivity index (χ1) is 11.5. The summed E-state index contributed by atoms with van der Waals surface area (Å²) in [5.74, 6) is -0.627. The van der Waals surface area contributed by atoms with Gasteiger partial charge in [0.2, 0.25) is 0 Å². The summed E-state index contributed by atoms with van der Waals surface area (Å²) in [6.07, 6.45) is 2.84. The lowest BCUT2D eigenvalue weighted by Gasteiger charge is -2.31. The quantitative estimate of drug-likeness (QED) is 0.471. The van der Waals surface area contributed by atoms with Gasteiger partial charge in [0.25, 0.3) is 0 Å². The Morgan fingerprint density at radius 2 is 2.00 bits per heavy atom. The van der Waals surface area contributed by atoms with E-state index >= 15 is 0 Å². The second-order valence-corrected chi connectivity index (χ2v) is 6.15. The Hall–Kier alpha value is -1.80. The highest BCUT2D eigenvalue weighted by molar-refractivity contribution is 5.79. The molecule has 0 amide bonds. The molecule has 24 heavy (non-hydrogen) atoms. The van der Waals surface area contributed by atoms with Gasteiger partial charge in [-0.25, -0.2) is 0 Å². The van der Waals surface area contributed by atoms with E-state index in [1.54, 1.807) is 19.7 Å². The maximum atomic E-state index is 12.9. The Morgan fingerprint density at radius 3 is 2.67 bits per heavy atom. The molecule has 6 nitrogen and oxygen atoms in total. The lowest BCUT2D eigenvalue weighted by Crippen LogP contribution is -2.47. The molecule has 0 radical (unpaired) electrons. The Bertz CT molecular complexity index is 500. The molecule has 0 aliphatic heterocycles.